The van der Waals surface area contributed by atoms with Gasteiger partial charge in [-0.15, -0.1) is 5.10 Å². The Bertz CT molecular complexity index is 884. The number of rotatable bonds is 3. The summed E-state index contributed by atoms with van der Waals surface area (Å²) < 4.78 is 30.7. The van der Waals surface area contributed by atoms with Crippen LogP contribution in [0.2, 0.25) is 0 Å². The second-order valence-corrected chi connectivity index (χ2v) is 7.80. The van der Waals surface area contributed by atoms with E-state index in [2.05, 4.69) is 11.8 Å². The van der Waals surface area contributed by atoms with Crippen molar-refractivity contribution in [1.82, 2.24) is 9.31 Å². The zero-order chi connectivity index (χ0) is 17.4. The maximum absolute atomic E-state index is 11.9. The van der Waals surface area contributed by atoms with E-state index < -0.39 is 10.0 Å². The predicted molar refractivity (Wildman–Crippen MR) is 93.5 cm³/mol. The first kappa shape index (κ1) is 16.1. The van der Waals surface area contributed by atoms with Gasteiger partial charge in [0.15, 0.2) is 5.84 Å². The van der Waals surface area contributed by atoms with Crippen molar-refractivity contribution in [1.29, 1.82) is 0 Å². The largest absolute Gasteiger partial charge is 0.363 e. The van der Waals surface area contributed by atoms with E-state index in [-0.39, 0.29) is 18.8 Å². The van der Waals surface area contributed by atoms with E-state index in [9.17, 15) is 8.42 Å². The summed E-state index contributed by atoms with van der Waals surface area (Å²) in [5, 5.41) is 4.14. The van der Waals surface area contributed by atoms with E-state index in [1.165, 1.54) is 0 Å². The van der Waals surface area contributed by atoms with Crippen molar-refractivity contribution >= 4 is 15.9 Å². The number of morpholine rings is 1. The van der Waals surface area contributed by atoms with Crippen LogP contribution in [0.25, 0.3) is 0 Å². The minimum absolute atomic E-state index is 0.224. The minimum atomic E-state index is -3.51. The van der Waals surface area contributed by atoms with E-state index in [4.69, 9.17) is 4.74 Å². The molecule has 2 aromatic carbocycles. The number of hydrogen-bond donors (Lipinski definition) is 0. The third-order valence-electron chi connectivity index (χ3n) is 4.22. The molecule has 0 aliphatic carbocycles. The van der Waals surface area contributed by atoms with Crippen molar-refractivity contribution in [3.8, 4) is 0 Å². The summed E-state index contributed by atoms with van der Waals surface area (Å²) in [6.45, 7) is 3.10. The lowest BCUT2D eigenvalue weighted by atomic mass is 9.93. The fraction of sp³-hybridized carbons (Fsp3) is 0.222. The monoisotopic (exact) mass is 355 g/mol. The van der Waals surface area contributed by atoms with Crippen LogP contribution >= 0.6 is 0 Å². The van der Waals surface area contributed by atoms with E-state index in [1.807, 2.05) is 60.7 Å². The summed E-state index contributed by atoms with van der Waals surface area (Å²) in [5.74, 6) is 0.534. The van der Waals surface area contributed by atoms with Crippen LogP contribution in [0.3, 0.4) is 0 Å². The molecule has 0 saturated carbocycles. The molecule has 7 heteroatoms. The molecule has 128 valence electrons. The molecule has 0 aromatic heterocycles. The minimum Gasteiger partial charge on any atom is -0.363 e. The van der Waals surface area contributed by atoms with Gasteiger partial charge < -0.3 is 9.64 Å². The normalized spacial score (nSPS) is 23.3. The zero-order valence-corrected chi connectivity index (χ0v) is 14.4. The molecule has 0 amide bonds. The number of ether oxygens (including phenoxy) is 1. The van der Waals surface area contributed by atoms with Crippen LogP contribution in [0.4, 0.5) is 0 Å². The first-order valence-corrected chi connectivity index (χ1v) is 9.74. The first-order valence-electron chi connectivity index (χ1n) is 7.89. The Morgan fingerprint density at radius 1 is 1.04 bits per heavy atom. The van der Waals surface area contributed by atoms with Crippen molar-refractivity contribution in [2.45, 2.75) is 12.1 Å². The smallest absolute Gasteiger partial charge is 0.249 e. The molecule has 2 heterocycles. The number of hydrazone groups is 1. The third-order valence-corrected chi connectivity index (χ3v) is 5.01. The Kier molecular flexibility index (Phi) is 3.97. The van der Waals surface area contributed by atoms with E-state index in [1.54, 1.807) is 4.90 Å². The number of hydrogen-bond acceptors (Lipinski definition) is 5. The summed E-state index contributed by atoms with van der Waals surface area (Å²) in [4.78, 5) is 1.78. The molecule has 2 radical (unpaired) electrons. The van der Waals surface area contributed by atoms with Crippen LogP contribution in [-0.2, 0) is 14.8 Å². The highest BCUT2D eigenvalue weighted by molar-refractivity contribution is 7.88. The predicted octanol–water partition coefficient (Wildman–Crippen LogP) is 2.39. The van der Waals surface area contributed by atoms with Gasteiger partial charge in [0, 0.05) is 0 Å². The van der Waals surface area contributed by atoms with E-state index >= 15 is 0 Å². The number of benzene rings is 2. The fourth-order valence-corrected chi connectivity index (χ4v) is 3.56. The standard InChI is InChI=1S/C18H17N3O3S/c1-25(22,23)21-13-20-16(19-21)12-24-18(15-10-6-3-7-11-15)17(20)14-8-4-2-5-9-14/h2-11,17-18H,12H2,1H3/t17-,18+/m0/s1. The molecule has 0 N–H and O–H groups in total. The van der Waals surface area contributed by atoms with Crippen LogP contribution < -0.4 is 0 Å². The lowest BCUT2D eigenvalue weighted by Crippen LogP contribution is -2.42. The number of amidine groups is 1. The molecule has 0 bridgehead atoms. The van der Waals surface area contributed by atoms with Crippen molar-refractivity contribution in [3.05, 3.63) is 78.5 Å². The molecule has 2 aliphatic rings. The molecular formula is C18H17N3O3S. The van der Waals surface area contributed by atoms with E-state index in [0.717, 1.165) is 21.8 Å². The third kappa shape index (κ3) is 3.01. The quantitative estimate of drug-likeness (QED) is 0.848. The molecule has 0 spiro atoms. The van der Waals surface area contributed by atoms with Crippen LogP contribution in [0.15, 0.2) is 65.8 Å². The molecule has 1 saturated heterocycles. The molecule has 6 nitrogen and oxygen atoms in total. The van der Waals surface area contributed by atoms with Gasteiger partial charge >= 0.3 is 0 Å². The van der Waals surface area contributed by atoms with Crippen LogP contribution in [0.1, 0.15) is 23.3 Å². The van der Waals surface area contributed by atoms with E-state index in [0.29, 0.717) is 5.84 Å². The fourth-order valence-electron chi connectivity index (χ4n) is 3.08. The van der Waals surface area contributed by atoms with Gasteiger partial charge in [-0.1, -0.05) is 60.7 Å². The Morgan fingerprint density at radius 3 is 2.24 bits per heavy atom. The SMILES string of the molecule is CS(=O)(=O)N1[C]N2C(=N1)CO[C@H](c1ccccc1)[C@@H]2c1ccccc1. The molecule has 2 atom stereocenters. The summed E-state index contributed by atoms with van der Waals surface area (Å²) in [7, 11) is -3.51. The van der Waals surface area contributed by atoms with Crippen molar-refractivity contribution < 1.29 is 13.2 Å². The molecule has 4 rings (SSSR count). The summed E-state index contributed by atoms with van der Waals surface area (Å²) in [6, 6.07) is 19.5. The topological polar surface area (TPSA) is 62.2 Å². The number of nitrogens with zero attached hydrogens (tertiary/aromatic N) is 3. The van der Waals surface area contributed by atoms with Crippen LogP contribution in [0.5, 0.6) is 0 Å². The molecular weight excluding hydrogens is 338 g/mol. The molecule has 2 aliphatic heterocycles. The van der Waals surface area contributed by atoms with Gasteiger partial charge in [0.1, 0.15) is 12.7 Å². The lowest BCUT2D eigenvalue weighted by molar-refractivity contribution is -0.00248. The highest BCUT2D eigenvalue weighted by Crippen LogP contribution is 2.43. The van der Waals surface area contributed by atoms with Gasteiger partial charge in [-0.2, -0.15) is 4.41 Å². The Morgan fingerprint density at radius 2 is 1.64 bits per heavy atom. The zero-order valence-electron chi connectivity index (χ0n) is 13.6. The molecule has 2 aromatic rings. The van der Waals surface area contributed by atoms with Gasteiger partial charge in [-0.05, 0) is 11.1 Å². The summed E-state index contributed by atoms with van der Waals surface area (Å²) in [5.41, 5.74) is 2.03. The first-order chi connectivity index (χ1) is 12.0. The second-order valence-electron chi connectivity index (χ2n) is 5.99. The summed E-state index contributed by atoms with van der Waals surface area (Å²) >= 11 is 0. The van der Waals surface area contributed by atoms with Gasteiger partial charge in [-0.25, -0.2) is 8.42 Å². The molecule has 0 unspecified atom stereocenters. The molecule has 25 heavy (non-hydrogen) atoms. The Hall–Kier alpha value is -2.38. The average molecular weight is 355 g/mol. The maximum atomic E-state index is 11.9. The Labute approximate surface area is 147 Å². The second kappa shape index (κ2) is 6.16. The lowest BCUT2D eigenvalue weighted by Gasteiger charge is -2.39. The van der Waals surface area contributed by atoms with Crippen LogP contribution in [0, 0.1) is 6.67 Å². The molecule has 1 fully saturated rings. The summed E-state index contributed by atoms with van der Waals surface area (Å²) in [6.07, 6.45) is 0.852. The van der Waals surface area contributed by atoms with Crippen molar-refractivity contribution in [3.63, 3.8) is 0 Å². The maximum Gasteiger partial charge on any atom is 0.249 e. The van der Waals surface area contributed by atoms with Crippen LogP contribution in [-0.4, -0.2) is 36.4 Å². The van der Waals surface area contributed by atoms with Gasteiger partial charge in [0.05, 0.1) is 12.3 Å². The highest BCUT2D eigenvalue weighted by atomic mass is 32.2. The highest BCUT2D eigenvalue weighted by Gasteiger charge is 2.43. The average Bonchev–Trinajstić information content (AvgIpc) is 3.07. The number of sulfonamides is 1. The van der Waals surface area contributed by atoms with Gasteiger partial charge in [0.25, 0.3) is 0 Å². The Balaban J connectivity index is 1.76. The van der Waals surface area contributed by atoms with Crippen molar-refractivity contribution in [2.75, 3.05) is 12.9 Å². The number of fused-ring (bicyclic) bond motifs is 1. The van der Waals surface area contributed by atoms with Gasteiger partial charge in [-0.3, -0.25) is 0 Å². The van der Waals surface area contributed by atoms with Crippen molar-refractivity contribution in [2.24, 2.45) is 5.10 Å². The van der Waals surface area contributed by atoms with Gasteiger partial charge in [0.2, 0.25) is 16.7 Å².